The van der Waals surface area contributed by atoms with E-state index >= 15 is 0 Å². The van der Waals surface area contributed by atoms with Crippen molar-refractivity contribution in [3.05, 3.63) is 95.1 Å². The molecule has 0 amide bonds. The summed E-state index contributed by atoms with van der Waals surface area (Å²) in [6.07, 6.45) is 3.08. The maximum absolute atomic E-state index is 10.3. The van der Waals surface area contributed by atoms with Gasteiger partial charge in [0.05, 0.1) is 35.5 Å². The number of aromatic hydroxyl groups is 1. The Morgan fingerprint density at radius 2 is 0.975 bits per heavy atom. The molecule has 0 aliphatic carbocycles. The molecule has 4 aromatic carbocycles. The molecule has 0 aromatic heterocycles. The van der Waals surface area contributed by atoms with E-state index in [9.17, 15) is 5.11 Å². The highest BCUT2D eigenvalue weighted by atomic mass is 16.5. The molecule has 1 N–H and O–H groups in total. The molecule has 0 fully saturated rings. The summed E-state index contributed by atoms with van der Waals surface area (Å²) in [6, 6.07) is 23.7. The smallest absolute Gasteiger partial charge is 0.203 e. The average Bonchev–Trinajstić information content (AvgIpc) is 2.98. The SMILES string of the molecule is COc1cccc(CCc2cccc(Oc3cc(CCc4cc(O)c(OC)c(OC)c4)cc(OC)c3OC)c2)c1. The van der Waals surface area contributed by atoms with Gasteiger partial charge in [-0.2, -0.15) is 0 Å². The van der Waals surface area contributed by atoms with E-state index in [0.717, 1.165) is 35.3 Å². The lowest BCUT2D eigenvalue weighted by Gasteiger charge is -2.16. The molecule has 0 saturated heterocycles. The Morgan fingerprint density at radius 1 is 0.475 bits per heavy atom. The Kier molecular flexibility index (Phi) is 9.62. The van der Waals surface area contributed by atoms with Gasteiger partial charge in [0.25, 0.3) is 0 Å². The number of methoxy groups -OCH3 is 5. The second-order valence-electron chi connectivity index (χ2n) is 9.28. The third-order valence-electron chi connectivity index (χ3n) is 6.69. The van der Waals surface area contributed by atoms with Gasteiger partial charge < -0.3 is 33.5 Å². The van der Waals surface area contributed by atoms with Crippen LogP contribution in [-0.2, 0) is 25.7 Å². The molecule has 0 bridgehead atoms. The zero-order valence-electron chi connectivity index (χ0n) is 23.7. The van der Waals surface area contributed by atoms with Gasteiger partial charge in [0.15, 0.2) is 23.0 Å². The van der Waals surface area contributed by atoms with Crippen LogP contribution < -0.4 is 28.4 Å². The Hall–Kier alpha value is -4.52. The molecule has 210 valence electrons. The summed E-state index contributed by atoms with van der Waals surface area (Å²) >= 11 is 0. The molecule has 0 atom stereocenters. The van der Waals surface area contributed by atoms with Crippen LogP contribution in [-0.4, -0.2) is 40.7 Å². The highest BCUT2D eigenvalue weighted by molar-refractivity contribution is 5.56. The Labute approximate surface area is 235 Å². The van der Waals surface area contributed by atoms with Crippen molar-refractivity contribution in [1.82, 2.24) is 0 Å². The van der Waals surface area contributed by atoms with E-state index in [1.54, 1.807) is 34.5 Å². The fourth-order valence-corrected chi connectivity index (χ4v) is 4.64. The van der Waals surface area contributed by atoms with E-state index in [0.29, 0.717) is 47.3 Å². The van der Waals surface area contributed by atoms with Crippen LogP contribution in [0.1, 0.15) is 22.3 Å². The molecule has 0 aliphatic heterocycles. The Balaban J connectivity index is 1.52. The number of ether oxygens (including phenoxy) is 6. The van der Waals surface area contributed by atoms with Crippen LogP contribution in [0.15, 0.2) is 72.8 Å². The molecule has 0 spiro atoms. The molecule has 0 saturated carbocycles. The van der Waals surface area contributed by atoms with E-state index in [1.807, 2.05) is 48.5 Å². The maximum Gasteiger partial charge on any atom is 0.203 e. The van der Waals surface area contributed by atoms with E-state index in [-0.39, 0.29) is 5.75 Å². The van der Waals surface area contributed by atoms with Gasteiger partial charge >= 0.3 is 0 Å². The third kappa shape index (κ3) is 6.91. The van der Waals surface area contributed by atoms with E-state index in [4.69, 9.17) is 28.4 Å². The topological polar surface area (TPSA) is 75.6 Å². The van der Waals surface area contributed by atoms with Gasteiger partial charge in [-0.15, -0.1) is 0 Å². The first-order valence-electron chi connectivity index (χ1n) is 13.1. The monoisotopic (exact) mass is 544 g/mol. The fourth-order valence-electron chi connectivity index (χ4n) is 4.64. The van der Waals surface area contributed by atoms with Crippen molar-refractivity contribution >= 4 is 0 Å². The van der Waals surface area contributed by atoms with Crippen LogP contribution in [0.3, 0.4) is 0 Å². The minimum absolute atomic E-state index is 0.0412. The first-order chi connectivity index (χ1) is 19.5. The zero-order valence-corrected chi connectivity index (χ0v) is 23.7. The normalized spacial score (nSPS) is 10.6. The van der Waals surface area contributed by atoms with E-state index < -0.39 is 0 Å². The van der Waals surface area contributed by atoms with Crippen molar-refractivity contribution in [3.8, 4) is 46.0 Å². The Morgan fingerprint density at radius 3 is 1.55 bits per heavy atom. The number of hydrogen-bond donors (Lipinski definition) is 1. The number of rotatable bonds is 13. The van der Waals surface area contributed by atoms with Crippen molar-refractivity contribution in [1.29, 1.82) is 0 Å². The minimum Gasteiger partial charge on any atom is -0.504 e. The lowest BCUT2D eigenvalue weighted by atomic mass is 10.0. The molecular formula is C33H36O7. The molecule has 4 rings (SSSR count). The largest absolute Gasteiger partial charge is 0.504 e. The minimum atomic E-state index is 0.0412. The molecular weight excluding hydrogens is 508 g/mol. The first-order valence-corrected chi connectivity index (χ1v) is 13.1. The van der Waals surface area contributed by atoms with Crippen LogP contribution in [0, 0.1) is 0 Å². The summed E-state index contributed by atoms with van der Waals surface area (Å²) in [5.41, 5.74) is 4.29. The van der Waals surface area contributed by atoms with Gasteiger partial charge in [0, 0.05) is 0 Å². The molecule has 0 heterocycles. The van der Waals surface area contributed by atoms with Crippen molar-refractivity contribution in [2.45, 2.75) is 25.7 Å². The number of aryl methyl sites for hydroxylation is 4. The quantitative estimate of drug-likeness (QED) is 0.198. The maximum atomic E-state index is 10.3. The molecule has 0 radical (unpaired) electrons. The van der Waals surface area contributed by atoms with Gasteiger partial charge in [-0.25, -0.2) is 0 Å². The second kappa shape index (κ2) is 13.5. The van der Waals surface area contributed by atoms with Gasteiger partial charge in [-0.3, -0.25) is 0 Å². The molecule has 0 unspecified atom stereocenters. The van der Waals surface area contributed by atoms with Gasteiger partial charge in [-0.1, -0.05) is 24.3 Å². The molecule has 40 heavy (non-hydrogen) atoms. The zero-order chi connectivity index (χ0) is 28.5. The summed E-state index contributed by atoms with van der Waals surface area (Å²) in [5, 5.41) is 10.3. The Bertz CT molecular complexity index is 1430. The predicted octanol–water partition coefficient (Wildman–Crippen LogP) is 6.80. The summed E-state index contributed by atoms with van der Waals surface area (Å²) in [6.45, 7) is 0. The summed E-state index contributed by atoms with van der Waals surface area (Å²) < 4.78 is 33.6. The van der Waals surface area contributed by atoms with Crippen LogP contribution in [0.4, 0.5) is 0 Å². The summed E-state index contributed by atoms with van der Waals surface area (Å²) in [7, 11) is 7.93. The van der Waals surface area contributed by atoms with Crippen molar-refractivity contribution in [2.24, 2.45) is 0 Å². The van der Waals surface area contributed by atoms with Crippen LogP contribution in [0.25, 0.3) is 0 Å². The lowest BCUT2D eigenvalue weighted by Crippen LogP contribution is -1.99. The molecule has 7 heteroatoms. The summed E-state index contributed by atoms with van der Waals surface area (Å²) in [5.74, 6) is 4.09. The van der Waals surface area contributed by atoms with Crippen LogP contribution >= 0.6 is 0 Å². The first kappa shape index (κ1) is 28.5. The number of hydrogen-bond acceptors (Lipinski definition) is 7. The lowest BCUT2D eigenvalue weighted by molar-refractivity contribution is 0.332. The number of benzene rings is 4. The summed E-state index contributed by atoms with van der Waals surface area (Å²) in [4.78, 5) is 0. The van der Waals surface area contributed by atoms with E-state index in [2.05, 4.69) is 18.2 Å². The molecule has 0 aliphatic rings. The average molecular weight is 545 g/mol. The highest BCUT2D eigenvalue weighted by Crippen LogP contribution is 2.42. The molecule has 4 aromatic rings. The predicted molar refractivity (Wildman–Crippen MR) is 155 cm³/mol. The molecule has 7 nitrogen and oxygen atoms in total. The van der Waals surface area contributed by atoms with Crippen LogP contribution in [0.5, 0.6) is 46.0 Å². The van der Waals surface area contributed by atoms with Crippen molar-refractivity contribution in [2.75, 3.05) is 35.5 Å². The van der Waals surface area contributed by atoms with Gasteiger partial charge in [0.1, 0.15) is 11.5 Å². The van der Waals surface area contributed by atoms with Gasteiger partial charge in [0.2, 0.25) is 11.5 Å². The van der Waals surface area contributed by atoms with Gasteiger partial charge in [-0.05, 0) is 96.5 Å². The number of phenolic OH excluding ortho intramolecular Hbond substituents is 1. The third-order valence-corrected chi connectivity index (χ3v) is 6.69. The van der Waals surface area contributed by atoms with Crippen molar-refractivity contribution in [3.63, 3.8) is 0 Å². The number of phenols is 1. The standard InChI is InChI=1S/C33H36O7/c1-35-26-10-6-8-22(16-26)12-13-23-9-7-11-27(17-23)40-31-21-25(20-30(37-3)33(31)39-5)15-14-24-18-28(34)32(38-4)29(19-24)36-2/h6-11,16-21,34H,12-15H2,1-5H3. The van der Waals surface area contributed by atoms with E-state index in [1.165, 1.54) is 12.7 Å². The van der Waals surface area contributed by atoms with Crippen LogP contribution in [0.2, 0.25) is 0 Å². The van der Waals surface area contributed by atoms with Crippen molar-refractivity contribution < 1.29 is 33.5 Å². The fraction of sp³-hybridized carbons (Fsp3) is 0.273. The second-order valence-corrected chi connectivity index (χ2v) is 9.28. The highest BCUT2D eigenvalue weighted by Gasteiger charge is 2.16.